The number of piperazine rings is 1. The zero-order valence-corrected chi connectivity index (χ0v) is 21.1. The molecular formula is C26H29N3O5S. The molecule has 1 fully saturated rings. The average molecular weight is 496 g/mol. The molecule has 0 radical (unpaired) electrons. The molecule has 1 saturated heterocycles. The van der Waals surface area contributed by atoms with Gasteiger partial charge in [-0.3, -0.25) is 0 Å². The summed E-state index contributed by atoms with van der Waals surface area (Å²) in [5.74, 6) is 1.01. The molecule has 3 aromatic rings. The van der Waals surface area contributed by atoms with Crippen LogP contribution < -0.4 is 9.64 Å². The number of para-hydroxylation sites is 1. The lowest BCUT2D eigenvalue weighted by Crippen LogP contribution is -2.50. The predicted molar refractivity (Wildman–Crippen MR) is 135 cm³/mol. The molecule has 0 N–H and O–H groups in total. The second-order valence-electron chi connectivity index (χ2n) is 9.06. The number of amides is 1. The van der Waals surface area contributed by atoms with Gasteiger partial charge < -0.3 is 24.0 Å². The van der Waals surface area contributed by atoms with E-state index in [4.69, 9.17) is 19.2 Å². The van der Waals surface area contributed by atoms with Gasteiger partial charge in [0.2, 0.25) is 0 Å². The minimum atomic E-state index is -0.532. The van der Waals surface area contributed by atoms with E-state index >= 15 is 0 Å². The highest BCUT2D eigenvalue weighted by molar-refractivity contribution is 7.17. The molecule has 0 saturated carbocycles. The van der Waals surface area contributed by atoms with Gasteiger partial charge in [-0.2, -0.15) is 0 Å². The highest BCUT2D eigenvalue weighted by Crippen LogP contribution is 2.35. The largest absolute Gasteiger partial charge is 0.465 e. The monoisotopic (exact) mass is 495 g/mol. The Labute approximate surface area is 209 Å². The first kappa shape index (κ1) is 24.5. The maximum absolute atomic E-state index is 12.5. The number of esters is 1. The van der Waals surface area contributed by atoms with Crippen molar-refractivity contribution in [2.75, 3.05) is 38.2 Å². The van der Waals surface area contributed by atoms with Crippen LogP contribution in [0.2, 0.25) is 0 Å². The second-order valence-corrected chi connectivity index (χ2v) is 10.0. The van der Waals surface area contributed by atoms with Gasteiger partial charge in [0.1, 0.15) is 22.0 Å². The van der Waals surface area contributed by atoms with E-state index < -0.39 is 11.6 Å². The van der Waals surface area contributed by atoms with Crippen molar-refractivity contribution in [2.24, 2.45) is 0 Å². The first-order valence-electron chi connectivity index (χ1n) is 11.4. The van der Waals surface area contributed by atoms with Crippen molar-refractivity contribution in [2.45, 2.75) is 26.4 Å². The number of aromatic nitrogens is 1. The number of rotatable bonds is 5. The van der Waals surface area contributed by atoms with Crippen LogP contribution in [0.25, 0.3) is 11.3 Å². The number of thiazole rings is 1. The number of benzene rings is 2. The van der Waals surface area contributed by atoms with Gasteiger partial charge in [0.15, 0.2) is 5.13 Å². The van der Waals surface area contributed by atoms with Crippen molar-refractivity contribution in [3.63, 3.8) is 0 Å². The lowest BCUT2D eigenvalue weighted by Gasteiger charge is -2.35. The van der Waals surface area contributed by atoms with Crippen LogP contribution >= 0.6 is 11.3 Å². The van der Waals surface area contributed by atoms with Gasteiger partial charge in [-0.1, -0.05) is 29.5 Å². The van der Waals surface area contributed by atoms with Crippen LogP contribution in [0.1, 0.15) is 30.4 Å². The fraction of sp³-hybridized carbons (Fsp3) is 0.346. The Hall–Kier alpha value is -3.59. The van der Waals surface area contributed by atoms with Gasteiger partial charge >= 0.3 is 12.1 Å². The first-order chi connectivity index (χ1) is 16.7. The van der Waals surface area contributed by atoms with E-state index in [2.05, 4.69) is 4.90 Å². The number of nitrogens with zero attached hydrogens (tertiary/aromatic N) is 3. The second kappa shape index (κ2) is 10.4. The molecule has 2 aromatic carbocycles. The molecule has 0 bridgehead atoms. The molecule has 0 spiro atoms. The summed E-state index contributed by atoms with van der Waals surface area (Å²) in [6, 6.07) is 17.0. The third-order valence-corrected chi connectivity index (χ3v) is 6.39. The quantitative estimate of drug-likeness (QED) is 0.436. The predicted octanol–water partition coefficient (Wildman–Crippen LogP) is 5.45. The highest BCUT2D eigenvalue weighted by Gasteiger charge is 2.29. The molecule has 35 heavy (non-hydrogen) atoms. The average Bonchev–Trinajstić information content (AvgIpc) is 3.29. The number of carbonyl (C=O) groups excluding carboxylic acids is 2. The van der Waals surface area contributed by atoms with E-state index in [1.54, 1.807) is 4.90 Å². The van der Waals surface area contributed by atoms with Crippen LogP contribution in [0.15, 0.2) is 54.6 Å². The number of carbonyl (C=O) groups is 2. The molecule has 0 unspecified atom stereocenters. The summed E-state index contributed by atoms with van der Waals surface area (Å²) in [5, 5.41) is 0.717. The molecule has 9 heteroatoms. The number of hydrogen-bond acceptors (Lipinski definition) is 8. The summed E-state index contributed by atoms with van der Waals surface area (Å²) < 4.78 is 16.4. The van der Waals surface area contributed by atoms with Crippen LogP contribution in [0.4, 0.5) is 9.93 Å². The Morgan fingerprint density at radius 2 is 1.54 bits per heavy atom. The van der Waals surface area contributed by atoms with Crippen molar-refractivity contribution in [1.29, 1.82) is 0 Å². The molecule has 4 rings (SSSR count). The molecule has 2 heterocycles. The summed E-state index contributed by atoms with van der Waals surface area (Å²) >= 11 is 1.29. The fourth-order valence-electron chi connectivity index (χ4n) is 3.58. The Balaban J connectivity index is 1.50. The van der Waals surface area contributed by atoms with E-state index in [1.807, 2.05) is 75.4 Å². The molecule has 1 amide bonds. The Morgan fingerprint density at radius 1 is 0.914 bits per heavy atom. The Bertz CT molecular complexity index is 1160. The lowest BCUT2D eigenvalue weighted by molar-refractivity contribution is 0.0240. The number of anilines is 1. The van der Waals surface area contributed by atoms with Gasteiger partial charge in [-0.15, -0.1) is 0 Å². The van der Waals surface area contributed by atoms with Gasteiger partial charge in [-0.05, 0) is 57.2 Å². The summed E-state index contributed by atoms with van der Waals surface area (Å²) in [7, 11) is 1.36. The Morgan fingerprint density at radius 3 is 2.14 bits per heavy atom. The SMILES string of the molecule is COC(=O)c1sc(N2CCN(C(=O)OC(C)(C)C)CC2)nc1-c1ccc(Oc2ccccc2)cc1. The maximum Gasteiger partial charge on any atom is 0.410 e. The summed E-state index contributed by atoms with van der Waals surface area (Å²) in [5.41, 5.74) is 0.827. The van der Waals surface area contributed by atoms with Crippen LogP contribution in [0, 0.1) is 0 Å². The number of methoxy groups -OCH3 is 1. The zero-order valence-electron chi connectivity index (χ0n) is 20.3. The minimum Gasteiger partial charge on any atom is -0.465 e. The normalized spacial score (nSPS) is 13.9. The standard InChI is InChI=1S/C26H29N3O5S/c1-26(2,3)34-25(31)29-16-14-28(15-17-29)24-27-21(22(35-24)23(30)32-4)18-10-12-20(13-11-18)33-19-8-6-5-7-9-19/h5-13H,14-17H2,1-4H3. The van der Waals surface area contributed by atoms with Crippen molar-refractivity contribution in [1.82, 2.24) is 9.88 Å². The molecular weight excluding hydrogens is 466 g/mol. The molecule has 184 valence electrons. The van der Waals surface area contributed by atoms with E-state index in [-0.39, 0.29) is 6.09 Å². The number of ether oxygens (including phenoxy) is 3. The summed E-state index contributed by atoms with van der Waals surface area (Å²) in [4.78, 5) is 33.9. The van der Waals surface area contributed by atoms with E-state index in [9.17, 15) is 9.59 Å². The van der Waals surface area contributed by atoms with E-state index in [0.717, 1.165) is 11.3 Å². The minimum absolute atomic E-state index is 0.315. The van der Waals surface area contributed by atoms with E-state index in [1.165, 1.54) is 18.4 Å². The van der Waals surface area contributed by atoms with Crippen molar-refractivity contribution >= 4 is 28.5 Å². The molecule has 1 aliphatic rings. The third-order valence-electron chi connectivity index (χ3n) is 5.30. The molecule has 1 aromatic heterocycles. The van der Waals surface area contributed by atoms with Crippen molar-refractivity contribution < 1.29 is 23.8 Å². The van der Waals surface area contributed by atoms with Crippen LogP contribution in [0.5, 0.6) is 11.5 Å². The molecule has 0 aliphatic carbocycles. The van der Waals surface area contributed by atoms with Gasteiger partial charge in [0.05, 0.1) is 12.8 Å². The third kappa shape index (κ3) is 6.10. The smallest absolute Gasteiger partial charge is 0.410 e. The van der Waals surface area contributed by atoms with Gasteiger partial charge in [0, 0.05) is 31.7 Å². The first-order valence-corrected chi connectivity index (χ1v) is 12.2. The molecule has 0 atom stereocenters. The van der Waals surface area contributed by atoms with Crippen LogP contribution in [-0.2, 0) is 9.47 Å². The Kier molecular flexibility index (Phi) is 7.25. The summed E-state index contributed by atoms with van der Waals surface area (Å²) in [6.07, 6.45) is -0.315. The highest BCUT2D eigenvalue weighted by atomic mass is 32.1. The number of hydrogen-bond donors (Lipinski definition) is 0. The fourth-order valence-corrected chi connectivity index (χ4v) is 4.64. The van der Waals surface area contributed by atoms with Gasteiger partial charge in [0.25, 0.3) is 0 Å². The zero-order chi connectivity index (χ0) is 25.0. The van der Waals surface area contributed by atoms with Crippen molar-refractivity contribution in [3.8, 4) is 22.8 Å². The van der Waals surface area contributed by atoms with Crippen LogP contribution in [-0.4, -0.2) is 60.8 Å². The molecule has 8 nitrogen and oxygen atoms in total. The van der Waals surface area contributed by atoms with Crippen molar-refractivity contribution in [3.05, 3.63) is 59.5 Å². The van der Waals surface area contributed by atoms with Crippen LogP contribution in [0.3, 0.4) is 0 Å². The molecule has 1 aliphatic heterocycles. The lowest BCUT2D eigenvalue weighted by atomic mass is 10.1. The summed E-state index contributed by atoms with van der Waals surface area (Å²) in [6.45, 7) is 7.78. The maximum atomic E-state index is 12.5. The van der Waals surface area contributed by atoms with E-state index in [0.29, 0.717) is 47.6 Å². The van der Waals surface area contributed by atoms with Gasteiger partial charge in [-0.25, -0.2) is 14.6 Å². The topological polar surface area (TPSA) is 81.2 Å².